The van der Waals surface area contributed by atoms with Crippen LogP contribution in [0.25, 0.3) is 0 Å². The summed E-state index contributed by atoms with van der Waals surface area (Å²) in [6, 6.07) is 8.94. The van der Waals surface area contributed by atoms with E-state index >= 15 is 0 Å². The molecule has 150 valence electrons. The highest BCUT2D eigenvalue weighted by Gasteiger charge is 2.36. The third-order valence-electron chi connectivity index (χ3n) is 4.73. The van der Waals surface area contributed by atoms with Gasteiger partial charge in [-0.15, -0.1) is 0 Å². The molecule has 0 unspecified atom stereocenters. The van der Waals surface area contributed by atoms with Crippen LogP contribution in [-0.2, 0) is 0 Å². The van der Waals surface area contributed by atoms with E-state index in [4.69, 9.17) is 0 Å². The van der Waals surface area contributed by atoms with Gasteiger partial charge in [-0.25, -0.2) is 4.79 Å². The van der Waals surface area contributed by atoms with E-state index in [0.29, 0.717) is 6.42 Å². The summed E-state index contributed by atoms with van der Waals surface area (Å²) >= 11 is 0. The Balaban J connectivity index is 1.53. The molecule has 1 heterocycles. The molecule has 0 radical (unpaired) electrons. The number of nitrogens with one attached hydrogen (secondary N) is 2. The Morgan fingerprint density at radius 1 is 1.07 bits per heavy atom. The summed E-state index contributed by atoms with van der Waals surface area (Å²) < 4.78 is 0. The molecule has 0 atom stereocenters. The van der Waals surface area contributed by atoms with Crippen LogP contribution in [0.15, 0.2) is 36.4 Å². The van der Waals surface area contributed by atoms with Crippen LogP contribution in [0.5, 0.6) is 0 Å². The summed E-state index contributed by atoms with van der Waals surface area (Å²) in [7, 11) is 0. The maximum atomic E-state index is 12.4. The van der Waals surface area contributed by atoms with Crippen LogP contribution >= 0.6 is 0 Å². The number of non-ortho nitro benzene ring substituents is 1. The quantitative estimate of drug-likeness (QED) is 0.336. The zero-order valence-corrected chi connectivity index (χ0v) is 16.0. The fourth-order valence-electron chi connectivity index (χ4n) is 3.20. The second-order valence-electron chi connectivity index (χ2n) is 6.75. The molecule has 0 saturated carbocycles. The third-order valence-corrected chi connectivity index (χ3v) is 4.73. The van der Waals surface area contributed by atoms with Gasteiger partial charge < -0.3 is 10.6 Å². The Labute approximate surface area is 166 Å². The number of nitrogens with zero attached hydrogens (tertiary/aromatic N) is 2. The van der Waals surface area contributed by atoms with Gasteiger partial charge in [-0.2, -0.15) is 0 Å². The topological polar surface area (TPSA) is 122 Å². The summed E-state index contributed by atoms with van der Waals surface area (Å²) in [5.74, 6) is -1.05. The van der Waals surface area contributed by atoms with Crippen molar-refractivity contribution in [2.75, 3.05) is 18.4 Å². The number of carbonyl (C=O) groups is 3. The van der Waals surface area contributed by atoms with Gasteiger partial charge >= 0.3 is 6.03 Å². The van der Waals surface area contributed by atoms with Crippen LogP contribution in [0.1, 0.15) is 38.3 Å². The molecule has 0 bridgehead atoms. The van der Waals surface area contributed by atoms with E-state index in [0.717, 1.165) is 27.8 Å². The van der Waals surface area contributed by atoms with E-state index in [2.05, 4.69) is 10.6 Å². The Morgan fingerprint density at radius 3 is 2.38 bits per heavy atom. The number of rotatable bonds is 6. The minimum atomic E-state index is -0.612. The molecule has 0 aromatic heterocycles. The van der Waals surface area contributed by atoms with E-state index in [1.807, 2.05) is 32.0 Å². The Morgan fingerprint density at radius 2 is 1.72 bits per heavy atom. The van der Waals surface area contributed by atoms with Crippen molar-refractivity contribution in [1.29, 1.82) is 0 Å². The number of carbonyl (C=O) groups excluding carboxylic acids is 3. The molecule has 9 nitrogen and oxygen atoms in total. The van der Waals surface area contributed by atoms with E-state index in [1.165, 1.54) is 12.1 Å². The molecule has 2 aromatic carbocycles. The fraction of sp³-hybridized carbons (Fsp3) is 0.250. The maximum absolute atomic E-state index is 12.4. The Hall–Kier alpha value is -3.75. The Bertz CT molecular complexity index is 998. The minimum Gasteiger partial charge on any atom is -0.338 e. The van der Waals surface area contributed by atoms with Crippen molar-refractivity contribution < 1.29 is 19.3 Å². The highest BCUT2D eigenvalue weighted by atomic mass is 16.6. The molecule has 3 rings (SSSR count). The van der Waals surface area contributed by atoms with Gasteiger partial charge in [0.1, 0.15) is 0 Å². The molecule has 9 heteroatoms. The summed E-state index contributed by atoms with van der Waals surface area (Å²) in [6.07, 6.45) is 0.355. The highest BCUT2D eigenvalue weighted by molar-refractivity contribution is 6.21. The summed E-state index contributed by atoms with van der Waals surface area (Å²) in [6.45, 7) is 4.15. The van der Waals surface area contributed by atoms with Crippen molar-refractivity contribution in [2.45, 2.75) is 20.3 Å². The Kier molecular flexibility index (Phi) is 5.58. The van der Waals surface area contributed by atoms with Crippen LogP contribution in [0.2, 0.25) is 0 Å². The first kappa shape index (κ1) is 20.0. The lowest BCUT2D eigenvalue weighted by atomic mass is 10.1. The molecule has 1 aliphatic heterocycles. The molecule has 0 saturated heterocycles. The predicted molar refractivity (Wildman–Crippen MR) is 106 cm³/mol. The SMILES string of the molecule is Cc1cccc(C)c1NC(=O)NCCCN1C(=O)c2ccc([N+](=O)[O-])cc2C1=O. The van der Waals surface area contributed by atoms with E-state index in [1.54, 1.807) is 0 Å². The van der Waals surface area contributed by atoms with Gasteiger partial charge in [0.05, 0.1) is 16.1 Å². The normalized spacial score (nSPS) is 12.7. The molecule has 1 aliphatic rings. The largest absolute Gasteiger partial charge is 0.338 e. The van der Waals surface area contributed by atoms with Gasteiger partial charge in [-0.05, 0) is 37.5 Å². The first-order valence-electron chi connectivity index (χ1n) is 9.05. The predicted octanol–water partition coefficient (Wildman–Crippen LogP) is 3.02. The first-order valence-corrected chi connectivity index (χ1v) is 9.05. The van der Waals surface area contributed by atoms with E-state index in [9.17, 15) is 24.5 Å². The molecule has 0 aliphatic carbocycles. The number of hydrogen-bond acceptors (Lipinski definition) is 5. The zero-order chi connectivity index (χ0) is 21.1. The molecule has 2 N–H and O–H groups in total. The van der Waals surface area contributed by atoms with Crippen LogP contribution in [0, 0.1) is 24.0 Å². The molecule has 2 aromatic rings. The number of para-hydroxylation sites is 1. The maximum Gasteiger partial charge on any atom is 0.319 e. The average Bonchev–Trinajstić information content (AvgIpc) is 2.92. The number of anilines is 1. The number of nitro groups is 1. The molecule has 4 amide bonds. The second kappa shape index (κ2) is 8.09. The lowest BCUT2D eigenvalue weighted by Crippen LogP contribution is -2.35. The number of fused-ring (bicyclic) bond motifs is 1. The first-order chi connectivity index (χ1) is 13.8. The molecule has 0 spiro atoms. The number of urea groups is 1. The lowest BCUT2D eigenvalue weighted by Gasteiger charge is -2.15. The van der Waals surface area contributed by atoms with Crippen molar-refractivity contribution >= 4 is 29.2 Å². The van der Waals surface area contributed by atoms with Crippen molar-refractivity contribution in [3.8, 4) is 0 Å². The number of imide groups is 1. The van der Waals surface area contributed by atoms with Crippen molar-refractivity contribution in [3.63, 3.8) is 0 Å². The van der Waals surface area contributed by atoms with Gasteiger partial charge in [0, 0.05) is 30.9 Å². The van der Waals surface area contributed by atoms with Gasteiger partial charge in [0.25, 0.3) is 17.5 Å². The van der Waals surface area contributed by atoms with Gasteiger partial charge in [0.15, 0.2) is 0 Å². The van der Waals surface area contributed by atoms with Crippen molar-refractivity contribution in [2.24, 2.45) is 0 Å². The molecule has 29 heavy (non-hydrogen) atoms. The van der Waals surface area contributed by atoms with Crippen LogP contribution < -0.4 is 10.6 Å². The summed E-state index contributed by atoms with van der Waals surface area (Å²) in [5, 5.41) is 16.4. The number of hydrogen-bond donors (Lipinski definition) is 2. The van der Waals surface area contributed by atoms with E-state index in [-0.39, 0.29) is 35.9 Å². The van der Waals surface area contributed by atoms with Crippen molar-refractivity contribution in [1.82, 2.24) is 10.2 Å². The number of amides is 4. The monoisotopic (exact) mass is 396 g/mol. The highest BCUT2D eigenvalue weighted by Crippen LogP contribution is 2.26. The van der Waals surface area contributed by atoms with Crippen LogP contribution in [0.4, 0.5) is 16.2 Å². The standard InChI is InChI=1S/C20H20N4O5/c1-12-5-3-6-13(2)17(12)22-20(27)21-9-4-10-23-18(25)15-8-7-14(24(28)29)11-16(15)19(23)26/h3,5-8,11H,4,9-10H2,1-2H3,(H2,21,22,27). The molecular weight excluding hydrogens is 376 g/mol. The zero-order valence-electron chi connectivity index (χ0n) is 16.0. The van der Waals surface area contributed by atoms with E-state index < -0.39 is 16.7 Å². The molecular formula is C20H20N4O5. The summed E-state index contributed by atoms with van der Waals surface area (Å²) in [5.41, 5.74) is 2.58. The lowest BCUT2D eigenvalue weighted by molar-refractivity contribution is -0.384. The molecule has 0 fully saturated rings. The fourth-order valence-corrected chi connectivity index (χ4v) is 3.20. The smallest absolute Gasteiger partial charge is 0.319 e. The van der Waals surface area contributed by atoms with Gasteiger partial charge in [0.2, 0.25) is 0 Å². The van der Waals surface area contributed by atoms with Gasteiger partial charge in [-0.3, -0.25) is 24.6 Å². The second-order valence-corrected chi connectivity index (χ2v) is 6.75. The number of aryl methyl sites for hydroxylation is 2. The van der Waals surface area contributed by atoms with Gasteiger partial charge in [-0.1, -0.05) is 18.2 Å². The van der Waals surface area contributed by atoms with Crippen molar-refractivity contribution in [3.05, 3.63) is 68.8 Å². The third kappa shape index (κ3) is 4.08. The minimum absolute atomic E-state index is 0.0323. The summed E-state index contributed by atoms with van der Waals surface area (Å²) in [4.78, 5) is 48.2. The van der Waals surface area contributed by atoms with Crippen LogP contribution in [0.3, 0.4) is 0 Å². The number of benzene rings is 2. The number of nitro benzene ring substituents is 1. The average molecular weight is 396 g/mol. The van der Waals surface area contributed by atoms with Crippen LogP contribution in [-0.4, -0.2) is 40.8 Å².